The molecule has 10 heteroatoms. The Balaban J connectivity index is 1.86. The number of thiazole rings is 1. The molecule has 0 aliphatic carbocycles. The van der Waals surface area contributed by atoms with Crippen molar-refractivity contribution in [2.75, 3.05) is 13.2 Å². The van der Waals surface area contributed by atoms with Crippen LogP contribution < -0.4 is 24.4 Å². The lowest BCUT2D eigenvalue weighted by Crippen LogP contribution is -2.39. The molecule has 0 amide bonds. The maximum Gasteiger partial charge on any atom is 0.338 e. The van der Waals surface area contributed by atoms with Gasteiger partial charge >= 0.3 is 11.9 Å². The highest BCUT2D eigenvalue weighted by Gasteiger charge is 2.33. The summed E-state index contributed by atoms with van der Waals surface area (Å²) in [6, 6.07) is 8.25. The molecule has 35 heavy (non-hydrogen) atoms. The molecule has 2 aromatic heterocycles. The predicted octanol–water partition coefficient (Wildman–Crippen LogP) is 3.18. The number of carbonyl (C=O) groups is 2. The molecule has 0 spiro atoms. The van der Waals surface area contributed by atoms with Crippen LogP contribution in [0.1, 0.15) is 44.2 Å². The van der Waals surface area contributed by atoms with Gasteiger partial charge in [-0.15, -0.1) is 11.3 Å². The van der Waals surface area contributed by atoms with E-state index >= 15 is 0 Å². The second kappa shape index (κ2) is 10.4. The zero-order valence-electron chi connectivity index (χ0n) is 19.7. The van der Waals surface area contributed by atoms with Gasteiger partial charge in [-0.05, 0) is 56.0 Å². The number of aromatic nitrogens is 1. The molecule has 1 unspecified atom stereocenters. The smallest absolute Gasteiger partial charge is 0.338 e. The fraction of sp³-hybridized carbons (Fsp3) is 0.280. The third-order valence-electron chi connectivity index (χ3n) is 5.15. The zero-order chi connectivity index (χ0) is 25.1. The van der Waals surface area contributed by atoms with Crippen molar-refractivity contribution < 1.29 is 23.8 Å². The van der Waals surface area contributed by atoms with Gasteiger partial charge in [0.25, 0.3) is 5.56 Å². The molecule has 0 saturated carbocycles. The summed E-state index contributed by atoms with van der Waals surface area (Å²) in [6.07, 6.45) is 1.73. The van der Waals surface area contributed by atoms with E-state index < -0.39 is 18.0 Å². The Morgan fingerprint density at radius 3 is 2.63 bits per heavy atom. The average molecular weight is 513 g/mol. The number of ether oxygens (including phenoxy) is 3. The number of allylic oxidation sites excluding steroid dienone is 1. The van der Waals surface area contributed by atoms with Crippen LogP contribution in [0.15, 0.2) is 56.8 Å². The highest BCUT2D eigenvalue weighted by atomic mass is 32.1. The second-order valence-corrected chi connectivity index (χ2v) is 9.54. The number of benzene rings is 1. The van der Waals surface area contributed by atoms with Gasteiger partial charge in [0.1, 0.15) is 6.04 Å². The Hall–Kier alpha value is -3.50. The van der Waals surface area contributed by atoms with Crippen LogP contribution in [-0.2, 0) is 14.3 Å². The van der Waals surface area contributed by atoms with E-state index in [0.717, 1.165) is 4.88 Å². The molecule has 1 aliphatic heterocycles. The normalized spacial score (nSPS) is 15.4. The van der Waals surface area contributed by atoms with Crippen molar-refractivity contribution in [2.24, 2.45) is 4.99 Å². The molecule has 0 bridgehead atoms. The van der Waals surface area contributed by atoms with Gasteiger partial charge in [-0.3, -0.25) is 14.2 Å². The maximum atomic E-state index is 13.6. The van der Waals surface area contributed by atoms with Gasteiger partial charge in [0.2, 0.25) is 0 Å². The SMILES string of the molecule is CCOC(=O)C1=C(C)N=c2sc(=Cc3ccc(OC(C)=O)c(OCC)c3)c(=O)n2C1c1cccs1. The van der Waals surface area contributed by atoms with Crippen LogP contribution >= 0.6 is 22.7 Å². The summed E-state index contributed by atoms with van der Waals surface area (Å²) in [6.45, 7) is 7.26. The van der Waals surface area contributed by atoms with E-state index in [4.69, 9.17) is 14.2 Å². The predicted molar refractivity (Wildman–Crippen MR) is 134 cm³/mol. The Morgan fingerprint density at radius 1 is 1.17 bits per heavy atom. The fourth-order valence-electron chi connectivity index (χ4n) is 3.78. The number of fused-ring (bicyclic) bond motifs is 1. The number of hydrogen-bond acceptors (Lipinski definition) is 9. The Bertz CT molecular complexity index is 1480. The van der Waals surface area contributed by atoms with E-state index in [2.05, 4.69) is 4.99 Å². The lowest BCUT2D eigenvalue weighted by atomic mass is 10.0. The van der Waals surface area contributed by atoms with E-state index in [9.17, 15) is 14.4 Å². The molecule has 0 saturated heterocycles. The van der Waals surface area contributed by atoms with Gasteiger partial charge in [0.05, 0.1) is 29.0 Å². The highest BCUT2D eigenvalue weighted by molar-refractivity contribution is 7.10. The minimum Gasteiger partial charge on any atom is -0.490 e. The van der Waals surface area contributed by atoms with Crippen LogP contribution in [-0.4, -0.2) is 29.7 Å². The third kappa shape index (κ3) is 4.98. The van der Waals surface area contributed by atoms with E-state index in [1.807, 2.05) is 24.4 Å². The molecular weight excluding hydrogens is 488 g/mol. The van der Waals surface area contributed by atoms with Gasteiger partial charge in [-0.1, -0.05) is 23.5 Å². The standard InChI is InChI=1S/C25H24N2O6S2/c1-5-31-18-12-16(9-10-17(18)33-15(4)28)13-20-23(29)27-22(19-8-7-11-34-19)21(24(30)32-6-2)14(3)26-25(27)35-20/h7-13,22H,5-6H2,1-4H3. The van der Waals surface area contributed by atoms with Crippen LogP contribution in [0, 0.1) is 0 Å². The molecule has 8 nitrogen and oxygen atoms in total. The minimum absolute atomic E-state index is 0.225. The first-order valence-electron chi connectivity index (χ1n) is 11.0. The maximum absolute atomic E-state index is 13.6. The first-order valence-corrected chi connectivity index (χ1v) is 12.7. The minimum atomic E-state index is -0.613. The molecule has 1 aromatic carbocycles. The van der Waals surface area contributed by atoms with E-state index in [1.165, 1.54) is 29.6 Å². The Morgan fingerprint density at radius 2 is 1.97 bits per heavy atom. The molecule has 1 atom stereocenters. The van der Waals surface area contributed by atoms with Gasteiger partial charge in [0, 0.05) is 11.8 Å². The molecule has 3 aromatic rings. The zero-order valence-corrected chi connectivity index (χ0v) is 21.3. The van der Waals surface area contributed by atoms with Crippen molar-refractivity contribution in [2.45, 2.75) is 33.7 Å². The van der Waals surface area contributed by atoms with Crippen LogP contribution in [0.4, 0.5) is 0 Å². The van der Waals surface area contributed by atoms with Crippen molar-refractivity contribution in [3.63, 3.8) is 0 Å². The van der Waals surface area contributed by atoms with E-state index in [1.54, 1.807) is 42.7 Å². The number of esters is 2. The van der Waals surface area contributed by atoms with Crippen molar-refractivity contribution in [3.8, 4) is 11.5 Å². The first kappa shape index (κ1) is 24.6. The largest absolute Gasteiger partial charge is 0.490 e. The summed E-state index contributed by atoms with van der Waals surface area (Å²) in [4.78, 5) is 43.7. The van der Waals surface area contributed by atoms with Crippen LogP contribution in [0.3, 0.4) is 0 Å². The Labute approximate surface area is 209 Å². The van der Waals surface area contributed by atoms with Crippen molar-refractivity contribution >= 4 is 40.7 Å². The molecule has 4 rings (SSSR count). The lowest BCUT2D eigenvalue weighted by Gasteiger charge is -2.23. The van der Waals surface area contributed by atoms with Crippen LogP contribution in [0.2, 0.25) is 0 Å². The molecule has 0 radical (unpaired) electrons. The summed E-state index contributed by atoms with van der Waals surface area (Å²) in [5.41, 5.74) is 1.32. The Kier molecular flexibility index (Phi) is 7.32. The second-order valence-electron chi connectivity index (χ2n) is 7.55. The number of nitrogens with zero attached hydrogens (tertiary/aromatic N) is 2. The molecule has 182 valence electrons. The fourth-order valence-corrected chi connectivity index (χ4v) is 5.65. The number of rotatable bonds is 7. The quantitative estimate of drug-likeness (QED) is 0.356. The molecule has 0 N–H and O–H groups in total. The molecule has 0 fully saturated rings. The number of hydrogen-bond donors (Lipinski definition) is 0. The first-order chi connectivity index (χ1) is 16.8. The number of carbonyl (C=O) groups excluding carboxylic acids is 2. The topological polar surface area (TPSA) is 96.2 Å². The summed E-state index contributed by atoms with van der Waals surface area (Å²) in [5.74, 6) is -0.219. The van der Waals surface area contributed by atoms with Crippen molar-refractivity contribution in [3.05, 3.63) is 77.1 Å². The monoisotopic (exact) mass is 512 g/mol. The number of thiophene rings is 1. The van der Waals surface area contributed by atoms with E-state index in [-0.39, 0.29) is 12.2 Å². The van der Waals surface area contributed by atoms with Gasteiger partial charge < -0.3 is 14.2 Å². The third-order valence-corrected chi connectivity index (χ3v) is 7.06. The summed E-state index contributed by atoms with van der Waals surface area (Å²) in [7, 11) is 0. The van der Waals surface area contributed by atoms with Crippen molar-refractivity contribution in [1.82, 2.24) is 4.57 Å². The molecule has 3 heterocycles. The van der Waals surface area contributed by atoms with Crippen molar-refractivity contribution in [1.29, 1.82) is 0 Å². The van der Waals surface area contributed by atoms with Gasteiger partial charge in [-0.2, -0.15) is 0 Å². The van der Waals surface area contributed by atoms with Crippen LogP contribution in [0.25, 0.3) is 6.08 Å². The average Bonchev–Trinajstić information content (AvgIpc) is 3.43. The highest BCUT2D eigenvalue weighted by Crippen LogP contribution is 2.33. The molecule has 1 aliphatic rings. The summed E-state index contributed by atoms with van der Waals surface area (Å²) < 4.78 is 18.1. The van der Waals surface area contributed by atoms with Gasteiger partial charge in [0.15, 0.2) is 16.3 Å². The van der Waals surface area contributed by atoms with E-state index in [0.29, 0.717) is 44.3 Å². The lowest BCUT2D eigenvalue weighted by molar-refractivity contribution is -0.139. The summed E-state index contributed by atoms with van der Waals surface area (Å²) >= 11 is 2.71. The van der Waals surface area contributed by atoms with Gasteiger partial charge in [-0.25, -0.2) is 9.79 Å². The summed E-state index contributed by atoms with van der Waals surface area (Å²) in [5, 5.41) is 1.91. The van der Waals surface area contributed by atoms with Crippen LogP contribution in [0.5, 0.6) is 11.5 Å². The molecular formula is C25H24N2O6S2.